The van der Waals surface area contributed by atoms with E-state index in [2.05, 4.69) is 0 Å². The van der Waals surface area contributed by atoms with Crippen molar-refractivity contribution in [1.82, 2.24) is 0 Å². The van der Waals surface area contributed by atoms with E-state index in [9.17, 15) is 4.79 Å². The fraction of sp³-hybridized carbons (Fsp3) is 0.188. The lowest BCUT2D eigenvalue weighted by atomic mass is 10.2. The first-order chi connectivity index (χ1) is 10.2. The summed E-state index contributed by atoms with van der Waals surface area (Å²) in [5, 5.41) is 8.88. The largest absolute Gasteiger partial charge is 0.497 e. The number of aromatic carboxylic acids is 1. The van der Waals surface area contributed by atoms with E-state index >= 15 is 0 Å². The summed E-state index contributed by atoms with van der Waals surface area (Å²) in [7, 11) is 1.61. The lowest BCUT2D eigenvalue weighted by molar-refractivity contribution is 0.0696. The van der Waals surface area contributed by atoms with Crippen molar-refractivity contribution >= 4 is 5.97 Å². The molecular weight excluding hydrogens is 272 g/mol. The van der Waals surface area contributed by atoms with Gasteiger partial charge in [-0.3, -0.25) is 0 Å². The monoisotopic (exact) mass is 288 g/mol. The highest BCUT2D eigenvalue weighted by Crippen LogP contribution is 2.17. The first kappa shape index (κ1) is 14.7. The second kappa shape index (κ2) is 7.19. The predicted octanol–water partition coefficient (Wildman–Crippen LogP) is 2.85. The van der Waals surface area contributed by atoms with Crippen LogP contribution in [0.15, 0.2) is 48.5 Å². The van der Waals surface area contributed by atoms with Crippen LogP contribution >= 0.6 is 0 Å². The Morgan fingerprint density at radius 1 is 0.952 bits per heavy atom. The molecule has 2 rings (SSSR count). The van der Waals surface area contributed by atoms with Gasteiger partial charge < -0.3 is 19.3 Å². The van der Waals surface area contributed by atoms with E-state index in [1.165, 1.54) is 12.1 Å². The topological polar surface area (TPSA) is 65.0 Å². The van der Waals surface area contributed by atoms with Gasteiger partial charge in [-0.15, -0.1) is 0 Å². The number of carboxylic acids is 1. The minimum absolute atomic E-state index is 0.198. The molecule has 0 unspecified atom stereocenters. The van der Waals surface area contributed by atoms with Gasteiger partial charge in [-0.2, -0.15) is 0 Å². The molecule has 0 atom stereocenters. The quantitative estimate of drug-likeness (QED) is 0.794. The Kier molecular flexibility index (Phi) is 5.04. The number of carbonyl (C=O) groups is 1. The van der Waals surface area contributed by atoms with E-state index in [0.29, 0.717) is 19.0 Å². The Morgan fingerprint density at radius 3 is 2.19 bits per heavy atom. The summed E-state index contributed by atoms with van der Waals surface area (Å²) in [4.78, 5) is 10.8. The summed E-state index contributed by atoms with van der Waals surface area (Å²) in [6.07, 6.45) is 0. The van der Waals surface area contributed by atoms with Gasteiger partial charge in [-0.1, -0.05) is 6.07 Å². The highest BCUT2D eigenvalue weighted by molar-refractivity contribution is 5.87. The van der Waals surface area contributed by atoms with Crippen LogP contribution in [0.5, 0.6) is 17.2 Å². The number of methoxy groups -OCH3 is 1. The highest BCUT2D eigenvalue weighted by Gasteiger charge is 2.03. The van der Waals surface area contributed by atoms with Gasteiger partial charge in [-0.05, 0) is 42.5 Å². The predicted molar refractivity (Wildman–Crippen MR) is 77.4 cm³/mol. The molecule has 5 heteroatoms. The molecule has 21 heavy (non-hydrogen) atoms. The maximum atomic E-state index is 10.8. The zero-order valence-corrected chi connectivity index (χ0v) is 11.6. The zero-order valence-electron chi connectivity index (χ0n) is 11.6. The second-order valence-corrected chi connectivity index (χ2v) is 4.21. The summed E-state index contributed by atoms with van der Waals surface area (Å²) in [6.45, 7) is 0.693. The minimum atomic E-state index is -0.977. The molecule has 0 aliphatic heterocycles. The molecule has 0 saturated carbocycles. The van der Waals surface area contributed by atoms with Crippen LogP contribution in [-0.2, 0) is 0 Å². The van der Waals surface area contributed by atoms with Gasteiger partial charge in [0.1, 0.15) is 30.5 Å². The molecule has 0 aliphatic carbocycles. The number of hydrogen-bond acceptors (Lipinski definition) is 4. The van der Waals surface area contributed by atoms with Crippen LogP contribution in [0, 0.1) is 0 Å². The van der Waals surface area contributed by atoms with Crippen LogP contribution in [-0.4, -0.2) is 31.4 Å². The Labute approximate surface area is 122 Å². The van der Waals surface area contributed by atoms with E-state index in [-0.39, 0.29) is 5.56 Å². The molecule has 2 aromatic carbocycles. The van der Waals surface area contributed by atoms with Gasteiger partial charge in [0, 0.05) is 0 Å². The maximum Gasteiger partial charge on any atom is 0.335 e. The van der Waals surface area contributed by atoms with Crippen LogP contribution in [0.1, 0.15) is 10.4 Å². The normalized spacial score (nSPS) is 9.95. The van der Waals surface area contributed by atoms with E-state index < -0.39 is 5.97 Å². The van der Waals surface area contributed by atoms with Crippen LogP contribution < -0.4 is 14.2 Å². The Balaban J connectivity index is 1.78. The average molecular weight is 288 g/mol. The van der Waals surface area contributed by atoms with Crippen molar-refractivity contribution in [2.45, 2.75) is 0 Å². The fourth-order valence-corrected chi connectivity index (χ4v) is 1.71. The van der Waals surface area contributed by atoms with Crippen molar-refractivity contribution in [2.24, 2.45) is 0 Å². The van der Waals surface area contributed by atoms with Crippen molar-refractivity contribution in [3.63, 3.8) is 0 Å². The molecule has 0 bridgehead atoms. The lowest BCUT2D eigenvalue weighted by Crippen LogP contribution is -2.09. The van der Waals surface area contributed by atoms with Gasteiger partial charge in [0.25, 0.3) is 0 Å². The number of hydrogen-bond donors (Lipinski definition) is 1. The molecular formula is C16H16O5. The Bertz CT molecular complexity index is 592. The standard InChI is InChI=1S/C16H16O5/c1-19-13-5-7-14(8-6-13)20-9-10-21-15-4-2-3-12(11-15)16(17)18/h2-8,11H,9-10H2,1H3,(H,17,18). The minimum Gasteiger partial charge on any atom is -0.497 e. The molecule has 2 aromatic rings. The molecule has 0 radical (unpaired) electrons. The van der Waals surface area contributed by atoms with Crippen LogP contribution in [0.2, 0.25) is 0 Å². The maximum absolute atomic E-state index is 10.8. The first-order valence-electron chi connectivity index (χ1n) is 6.42. The van der Waals surface area contributed by atoms with E-state index in [4.69, 9.17) is 19.3 Å². The molecule has 0 fully saturated rings. The van der Waals surface area contributed by atoms with Gasteiger partial charge in [-0.25, -0.2) is 4.79 Å². The zero-order chi connectivity index (χ0) is 15.1. The third-order valence-corrected chi connectivity index (χ3v) is 2.76. The third kappa shape index (κ3) is 4.42. The van der Waals surface area contributed by atoms with Crippen molar-refractivity contribution in [1.29, 1.82) is 0 Å². The van der Waals surface area contributed by atoms with Gasteiger partial charge >= 0.3 is 5.97 Å². The lowest BCUT2D eigenvalue weighted by Gasteiger charge is -2.09. The fourth-order valence-electron chi connectivity index (χ4n) is 1.71. The highest BCUT2D eigenvalue weighted by atomic mass is 16.5. The third-order valence-electron chi connectivity index (χ3n) is 2.76. The van der Waals surface area contributed by atoms with Gasteiger partial charge in [0.15, 0.2) is 0 Å². The molecule has 0 amide bonds. The van der Waals surface area contributed by atoms with Gasteiger partial charge in [0.05, 0.1) is 12.7 Å². The molecule has 5 nitrogen and oxygen atoms in total. The second-order valence-electron chi connectivity index (χ2n) is 4.21. The number of benzene rings is 2. The summed E-state index contributed by atoms with van der Waals surface area (Å²) in [6, 6.07) is 13.6. The van der Waals surface area contributed by atoms with E-state index in [1.54, 1.807) is 19.2 Å². The van der Waals surface area contributed by atoms with Crippen molar-refractivity contribution in [3.05, 3.63) is 54.1 Å². The number of carboxylic acid groups (broad SMARTS) is 1. The summed E-state index contributed by atoms with van der Waals surface area (Å²) in [5.41, 5.74) is 0.198. The first-order valence-corrected chi connectivity index (χ1v) is 6.42. The molecule has 0 saturated heterocycles. The van der Waals surface area contributed by atoms with Crippen LogP contribution in [0.3, 0.4) is 0 Å². The smallest absolute Gasteiger partial charge is 0.335 e. The van der Waals surface area contributed by atoms with E-state index in [0.717, 1.165) is 11.5 Å². The molecule has 110 valence electrons. The van der Waals surface area contributed by atoms with Crippen LogP contribution in [0.4, 0.5) is 0 Å². The molecule has 0 aromatic heterocycles. The van der Waals surface area contributed by atoms with Gasteiger partial charge in [0.2, 0.25) is 0 Å². The van der Waals surface area contributed by atoms with E-state index in [1.807, 2.05) is 24.3 Å². The van der Waals surface area contributed by atoms with Crippen molar-refractivity contribution in [2.75, 3.05) is 20.3 Å². The summed E-state index contributed by atoms with van der Waals surface area (Å²) < 4.78 is 16.0. The molecule has 1 N–H and O–H groups in total. The summed E-state index contributed by atoms with van der Waals surface area (Å²) >= 11 is 0. The Hall–Kier alpha value is -2.69. The molecule has 0 heterocycles. The number of ether oxygens (including phenoxy) is 3. The number of rotatable bonds is 7. The average Bonchev–Trinajstić information content (AvgIpc) is 2.52. The Morgan fingerprint density at radius 2 is 1.57 bits per heavy atom. The van der Waals surface area contributed by atoms with Crippen molar-refractivity contribution < 1.29 is 24.1 Å². The summed E-state index contributed by atoms with van der Waals surface area (Å²) in [5.74, 6) is 1.02. The van der Waals surface area contributed by atoms with Crippen molar-refractivity contribution in [3.8, 4) is 17.2 Å². The molecule has 0 spiro atoms. The van der Waals surface area contributed by atoms with Crippen LogP contribution in [0.25, 0.3) is 0 Å². The SMILES string of the molecule is COc1ccc(OCCOc2cccc(C(=O)O)c2)cc1. The molecule has 0 aliphatic rings.